The highest BCUT2D eigenvalue weighted by Crippen LogP contribution is 2.34. The molecule has 0 radical (unpaired) electrons. The molecule has 4 nitrogen and oxygen atoms in total. The number of hydrogen-bond donors (Lipinski definition) is 1. The fourth-order valence-corrected chi connectivity index (χ4v) is 3.09. The van der Waals surface area contributed by atoms with Gasteiger partial charge in [-0.15, -0.1) is 11.3 Å². The van der Waals surface area contributed by atoms with Crippen molar-refractivity contribution in [2.45, 2.75) is 13.3 Å². The van der Waals surface area contributed by atoms with Crippen molar-refractivity contribution in [2.75, 3.05) is 13.2 Å². The summed E-state index contributed by atoms with van der Waals surface area (Å²) in [5.41, 5.74) is 0. The first-order valence-electron chi connectivity index (χ1n) is 6.24. The Kier molecular flexibility index (Phi) is 4.98. The number of thiophene rings is 1. The van der Waals surface area contributed by atoms with Crippen LogP contribution in [0.5, 0.6) is 0 Å². The van der Waals surface area contributed by atoms with Gasteiger partial charge in [0.1, 0.15) is 11.4 Å². The quantitative estimate of drug-likeness (QED) is 0.862. The molecule has 1 aromatic heterocycles. The van der Waals surface area contributed by atoms with E-state index in [9.17, 15) is 9.59 Å². The van der Waals surface area contributed by atoms with Gasteiger partial charge in [0.05, 0.1) is 11.6 Å². The third kappa shape index (κ3) is 3.29. The first kappa shape index (κ1) is 14.8. The lowest BCUT2D eigenvalue weighted by molar-refractivity contribution is -0.142. The summed E-state index contributed by atoms with van der Waals surface area (Å²) in [7, 11) is 0. The molecular weight excluding hydrogens is 298 g/mol. The number of carbonyl (C=O) groups is 2. The Balaban J connectivity index is 2.04. The Labute approximate surface area is 125 Å². The maximum atomic E-state index is 12.0. The number of rotatable bonds is 5. The smallest absolute Gasteiger partial charge is 0.325 e. The van der Waals surface area contributed by atoms with Crippen molar-refractivity contribution >= 4 is 44.9 Å². The summed E-state index contributed by atoms with van der Waals surface area (Å²) in [5.74, 6) is -0.804. The van der Waals surface area contributed by atoms with Gasteiger partial charge in [0.2, 0.25) is 0 Å². The van der Waals surface area contributed by atoms with E-state index in [2.05, 4.69) is 5.32 Å². The molecule has 0 atom stereocenters. The zero-order valence-electron chi connectivity index (χ0n) is 10.9. The highest BCUT2D eigenvalue weighted by atomic mass is 35.5. The summed E-state index contributed by atoms with van der Waals surface area (Å²) < 4.78 is 5.82. The summed E-state index contributed by atoms with van der Waals surface area (Å²) >= 11 is 7.49. The summed E-state index contributed by atoms with van der Waals surface area (Å²) in [6, 6.07) is 7.52. The molecule has 0 unspecified atom stereocenters. The van der Waals surface area contributed by atoms with Gasteiger partial charge >= 0.3 is 5.97 Å². The van der Waals surface area contributed by atoms with E-state index >= 15 is 0 Å². The molecule has 0 aliphatic carbocycles. The number of ether oxygens (including phenoxy) is 1. The van der Waals surface area contributed by atoms with Gasteiger partial charge in [0, 0.05) is 10.1 Å². The zero-order chi connectivity index (χ0) is 14.5. The molecule has 1 N–H and O–H groups in total. The average molecular weight is 312 g/mol. The van der Waals surface area contributed by atoms with Crippen LogP contribution in [0.4, 0.5) is 0 Å². The minimum atomic E-state index is -0.447. The topological polar surface area (TPSA) is 55.4 Å². The van der Waals surface area contributed by atoms with Crippen molar-refractivity contribution in [2.24, 2.45) is 0 Å². The van der Waals surface area contributed by atoms with Gasteiger partial charge in [-0.25, -0.2) is 0 Å². The molecule has 0 aliphatic rings. The second-order valence-corrected chi connectivity index (χ2v) is 5.57. The lowest BCUT2D eigenvalue weighted by Gasteiger charge is -2.04. The SMILES string of the molecule is CCCOC(=O)CNC(=O)c1sc2ccccc2c1Cl. The summed E-state index contributed by atoms with van der Waals surface area (Å²) in [6.07, 6.45) is 0.752. The van der Waals surface area contributed by atoms with Crippen molar-refractivity contribution in [3.63, 3.8) is 0 Å². The van der Waals surface area contributed by atoms with Crippen LogP contribution in [0.3, 0.4) is 0 Å². The van der Waals surface area contributed by atoms with Crippen molar-refractivity contribution in [1.82, 2.24) is 5.32 Å². The van der Waals surface area contributed by atoms with Crippen LogP contribution in [-0.4, -0.2) is 25.0 Å². The molecule has 1 amide bonds. The maximum absolute atomic E-state index is 12.0. The van der Waals surface area contributed by atoms with Crippen LogP contribution in [0.1, 0.15) is 23.0 Å². The Morgan fingerprint density at radius 2 is 2.10 bits per heavy atom. The fraction of sp³-hybridized carbons (Fsp3) is 0.286. The predicted octanol–water partition coefficient (Wildman–Crippen LogP) is 3.24. The van der Waals surface area contributed by atoms with E-state index in [0.29, 0.717) is 16.5 Å². The van der Waals surface area contributed by atoms with Gasteiger partial charge in [-0.2, -0.15) is 0 Å². The molecule has 1 aromatic carbocycles. The second-order valence-electron chi connectivity index (χ2n) is 4.14. The highest BCUT2D eigenvalue weighted by Gasteiger charge is 2.17. The lowest BCUT2D eigenvalue weighted by atomic mass is 10.2. The molecule has 1 heterocycles. The second kappa shape index (κ2) is 6.72. The minimum Gasteiger partial charge on any atom is -0.464 e. The Hall–Kier alpha value is -1.59. The summed E-state index contributed by atoms with van der Waals surface area (Å²) in [5, 5.41) is 3.79. The van der Waals surface area contributed by atoms with Gasteiger partial charge in [0.15, 0.2) is 0 Å². The van der Waals surface area contributed by atoms with Crippen molar-refractivity contribution in [1.29, 1.82) is 0 Å². The molecule has 6 heteroatoms. The largest absolute Gasteiger partial charge is 0.464 e. The molecule has 2 aromatic rings. The molecule has 20 heavy (non-hydrogen) atoms. The van der Waals surface area contributed by atoms with E-state index in [4.69, 9.17) is 16.3 Å². The van der Waals surface area contributed by atoms with Crippen LogP contribution in [0, 0.1) is 0 Å². The normalized spacial score (nSPS) is 10.5. The van der Waals surface area contributed by atoms with Gasteiger partial charge in [-0.1, -0.05) is 36.7 Å². The predicted molar refractivity (Wildman–Crippen MR) is 80.4 cm³/mol. The zero-order valence-corrected chi connectivity index (χ0v) is 12.5. The number of fused-ring (bicyclic) bond motifs is 1. The maximum Gasteiger partial charge on any atom is 0.325 e. The molecule has 0 saturated carbocycles. The first-order valence-corrected chi connectivity index (χ1v) is 7.43. The van der Waals surface area contributed by atoms with E-state index < -0.39 is 5.97 Å². The van der Waals surface area contributed by atoms with E-state index in [1.807, 2.05) is 31.2 Å². The fourth-order valence-electron chi connectivity index (χ4n) is 1.66. The Bertz CT molecular complexity index is 638. The van der Waals surface area contributed by atoms with Gasteiger partial charge in [-0.3, -0.25) is 9.59 Å². The number of amides is 1. The van der Waals surface area contributed by atoms with E-state index in [1.54, 1.807) is 0 Å². The summed E-state index contributed by atoms with van der Waals surface area (Å²) in [4.78, 5) is 23.8. The lowest BCUT2D eigenvalue weighted by Crippen LogP contribution is -2.30. The van der Waals surface area contributed by atoms with Crippen LogP contribution in [0.25, 0.3) is 10.1 Å². The van der Waals surface area contributed by atoms with E-state index in [1.165, 1.54) is 11.3 Å². The molecule has 2 rings (SSSR count). The van der Waals surface area contributed by atoms with Crippen LogP contribution in [0.2, 0.25) is 5.02 Å². The summed E-state index contributed by atoms with van der Waals surface area (Å²) in [6.45, 7) is 2.12. The molecule has 106 valence electrons. The number of benzene rings is 1. The Morgan fingerprint density at radius 1 is 1.35 bits per heavy atom. The van der Waals surface area contributed by atoms with Crippen LogP contribution >= 0.6 is 22.9 Å². The molecule has 0 spiro atoms. The van der Waals surface area contributed by atoms with Crippen LogP contribution < -0.4 is 5.32 Å². The number of esters is 1. The minimum absolute atomic E-state index is 0.149. The molecule has 0 saturated heterocycles. The standard InChI is InChI=1S/C14H14ClNO3S/c1-2-7-19-11(17)8-16-14(18)13-12(15)9-5-3-4-6-10(9)20-13/h3-6H,2,7-8H2,1H3,(H,16,18). The van der Waals surface area contributed by atoms with E-state index in [-0.39, 0.29) is 12.5 Å². The van der Waals surface area contributed by atoms with Gasteiger partial charge in [-0.05, 0) is 12.5 Å². The van der Waals surface area contributed by atoms with Gasteiger partial charge < -0.3 is 10.1 Å². The van der Waals surface area contributed by atoms with Crippen molar-refractivity contribution in [3.8, 4) is 0 Å². The average Bonchev–Trinajstić information content (AvgIpc) is 2.80. The number of halogens is 1. The monoisotopic (exact) mass is 311 g/mol. The molecular formula is C14H14ClNO3S. The Morgan fingerprint density at radius 3 is 2.80 bits per heavy atom. The number of carbonyl (C=O) groups excluding carboxylic acids is 2. The first-order chi connectivity index (χ1) is 9.63. The van der Waals surface area contributed by atoms with Crippen LogP contribution in [-0.2, 0) is 9.53 Å². The third-order valence-corrected chi connectivity index (χ3v) is 4.28. The molecule has 0 fully saturated rings. The van der Waals surface area contributed by atoms with Crippen LogP contribution in [0.15, 0.2) is 24.3 Å². The van der Waals surface area contributed by atoms with Gasteiger partial charge in [0.25, 0.3) is 5.91 Å². The van der Waals surface area contributed by atoms with Crippen molar-refractivity contribution < 1.29 is 14.3 Å². The van der Waals surface area contributed by atoms with Crippen molar-refractivity contribution in [3.05, 3.63) is 34.2 Å². The van der Waals surface area contributed by atoms with E-state index in [0.717, 1.165) is 16.5 Å². The molecule has 0 aliphatic heterocycles. The molecule has 0 bridgehead atoms. The highest BCUT2D eigenvalue weighted by molar-refractivity contribution is 7.21. The number of hydrogen-bond acceptors (Lipinski definition) is 4. The third-order valence-electron chi connectivity index (χ3n) is 2.60. The number of nitrogens with one attached hydrogen (secondary N) is 1.